The summed E-state index contributed by atoms with van der Waals surface area (Å²) >= 11 is 0. The summed E-state index contributed by atoms with van der Waals surface area (Å²) < 4.78 is 5.73. The minimum atomic E-state index is -0.970. The molecule has 0 aromatic heterocycles. The van der Waals surface area contributed by atoms with Gasteiger partial charge in [-0.15, -0.1) is 0 Å². The highest BCUT2D eigenvalue weighted by Crippen LogP contribution is 2.28. The summed E-state index contributed by atoms with van der Waals surface area (Å²) in [6.07, 6.45) is 3.28. The van der Waals surface area contributed by atoms with Crippen molar-refractivity contribution >= 4 is 23.4 Å². The molecule has 3 atom stereocenters. The highest BCUT2D eigenvalue weighted by Gasteiger charge is 2.28. The molecule has 3 amide bonds. The quantitative estimate of drug-likeness (QED) is 0.290. The van der Waals surface area contributed by atoms with Crippen molar-refractivity contribution in [1.29, 1.82) is 0 Å². The van der Waals surface area contributed by atoms with Gasteiger partial charge < -0.3 is 25.4 Å². The van der Waals surface area contributed by atoms with E-state index in [1.54, 1.807) is 36.1 Å². The van der Waals surface area contributed by atoms with Crippen molar-refractivity contribution in [2.45, 2.75) is 71.9 Å². The molecule has 0 unspecified atom stereocenters. The molecule has 41 heavy (non-hydrogen) atoms. The second kappa shape index (κ2) is 14.8. The highest BCUT2D eigenvalue weighted by atomic mass is 16.5. The van der Waals surface area contributed by atoms with Crippen LogP contribution in [0.4, 0.5) is 5.69 Å². The molecule has 1 fully saturated rings. The van der Waals surface area contributed by atoms with Crippen LogP contribution in [0.15, 0.2) is 61.2 Å². The van der Waals surface area contributed by atoms with E-state index in [-0.39, 0.29) is 30.3 Å². The molecule has 0 radical (unpaired) electrons. The van der Waals surface area contributed by atoms with E-state index in [1.165, 1.54) is 0 Å². The van der Waals surface area contributed by atoms with Gasteiger partial charge in [-0.1, -0.05) is 70.7 Å². The maximum Gasteiger partial charge on any atom is 0.251 e. The molecule has 1 heterocycles. The first-order valence-electron chi connectivity index (χ1n) is 14.5. The Morgan fingerprint density at radius 3 is 2.54 bits per heavy atom. The summed E-state index contributed by atoms with van der Waals surface area (Å²) in [5.41, 5.74) is 1.97. The van der Waals surface area contributed by atoms with Crippen molar-refractivity contribution in [3.8, 4) is 5.75 Å². The number of amides is 3. The van der Waals surface area contributed by atoms with E-state index in [4.69, 9.17) is 4.74 Å². The van der Waals surface area contributed by atoms with E-state index in [2.05, 4.69) is 38.0 Å². The number of nitrogens with one attached hydrogen (secondary N) is 2. The lowest BCUT2D eigenvalue weighted by atomic mass is 9.91. The van der Waals surface area contributed by atoms with Crippen LogP contribution in [0.3, 0.4) is 0 Å². The summed E-state index contributed by atoms with van der Waals surface area (Å²) in [5.74, 6) is -0.504. The third kappa shape index (κ3) is 10.0. The fraction of sp³-hybridized carbons (Fsp3) is 0.485. The molecule has 1 saturated heterocycles. The number of benzene rings is 2. The van der Waals surface area contributed by atoms with E-state index in [0.29, 0.717) is 42.9 Å². The highest BCUT2D eigenvalue weighted by molar-refractivity contribution is 5.99. The third-order valence-electron chi connectivity index (χ3n) is 7.20. The molecule has 1 aliphatic heterocycles. The van der Waals surface area contributed by atoms with Gasteiger partial charge in [0, 0.05) is 42.7 Å². The van der Waals surface area contributed by atoms with E-state index in [9.17, 15) is 19.5 Å². The molecule has 0 bridgehead atoms. The Balaban J connectivity index is 1.78. The van der Waals surface area contributed by atoms with E-state index in [1.807, 2.05) is 30.3 Å². The van der Waals surface area contributed by atoms with Crippen LogP contribution in [0, 0.1) is 11.3 Å². The number of hydrogen-bond acceptors (Lipinski definition) is 5. The molecule has 2 aromatic rings. The smallest absolute Gasteiger partial charge is 0.251 e. The SMILES string of the molecule is C=CCOc1cc(C(=O)N[C@@H](Cc2ccccc2)[C@@H](O)C[C@@H](C)C(=O)NCCC(C)(C)C)cc(N2CCCC2=O)c1. The van der Waals surface area contributed by atoms with E-state index < -0.39 is 24.0 Å². The maximum atomic E-state index is 13.6. The minimum Gasteiger partial charge on any atom is -0.489 e. The van der Waals surface area contributed by atoms with Crippen LogP contribution in [0.1, 0.15) is 69.3 Å². The Kier molecular flexibility index (Phi) is 11.5. The largest absolute Gasteiger partial charge is 0.489 e. The van der Waals surface area contributed by atoms with Crippen LogP contribution in [-0.2, 0) is 16.0 Å². The molecule has 222 valence electrons. The lowest BCUT2D eigenvalue weighted by molar-refractivity contribution is -0.125. The standard InChI is InChI=1S/C33H45N3O5/c1-6-17-41-27-21-25(20-26(22-27)36-16-10-13-30(36)38)32(40)35-28(19-24-11-8-7-9-12-24)29(37)18-23(2)31(39)34-15-14-33(3,4)5/h6-9,11-12,20-23,28-29,37H,1,10,13-19H2,2-5H3,(H,34,39)(H,35,40)/t23-,28+,29+/m1/s1. The number of hydrogen-bond donors (Lipinski definition) is 3. The molecule has 8 nitrogen and oxygen atoms in total. The van der Waals surface area contributed by atoms with Crippen LogP contribution in [0.25, 0.3) is 0 Å². The summed E-state index contributed by atoms with van der Waals surface area (Å²) in [7, 11) is 0. The molecule has 3 rings (SSSR count). The first kappa shape index (κ1) is 31.9. The number of aliphatic hydroxyl groups is 1. The molecule has 0 spiro atoms. The monoisotopic (exact) mass is 563 g/mol. The van der Waals surface area contributed by atoms with Crippen LogP contribution >= 0.6 is 0 Å². The predicted octanol–water partition coefficient (Wildman–Crippen LogP) is 4.66. The Labute approximate surface area is 244 Å². The maximum absolute atomic E-state index is 13.6. The first-order valence-corrected chi connectivity index (χ1v) is 14.5. The fourth-order valence-corrected chi connectivity index (χ4v) is 4.80. The number of carbonyl (C=O) groups excluding carboxylic acids is 3. The lowest BCUT2D eigenvalue weighted by Gasteiger charge is -2.27. The first-order chi connectivity index (χ1) is 19.5. The van der Waals surface area contributed by atoms with Crippen LogP contribution in [0.2, 0.25) is 0 Å². The van der Waals surface area contributed by atoms with Crippen LogP contribution in [0.5, 0.6) is 5.75 Å². The Bertz CT molecular complexity index is 1190. The molecule has 1 aliphatic rings. The van der Waals surface area contributed by atoms with Crippen molar-refractivity contribution in [2.24, 2.45) is 11.3 Å². The Morgan fingerprint density at radius 1 is 1.17 bits per heavy atom. The number of ether oxygens (including phenoxy) is 1. The van der Waals surface area contributed by atoms with Crippen LogP contribution in [-0.4, -0.2) is 54.7 Å². The van der Waals surface area contributed by atoms with Crippen molar-refractivity contribution < 1.29 is 24.2 Å². The van der Waals surface area contributed by atoms with Crippen molar-refractivity contribution in [1.82, 2.24) is 10.6 Å². The van der Waals surface area contributed by atoms with Gasteiger partial charge in [0.1, 0.15) is 12.4 Å². The summed E-state index contributed by atoms with van der Waals surface area (Å²) in [6, 6.07) is 14.0. The van der Waals surface area contributed by atoms with Gasteiger partial charge in [0.05, 0.1) is 12.1 Å². The number of aliphatic hydroxyl groups excluding tert-OH is 1. The van der Waals surface area contributed by atoms with Gasteiger partial charge in [-0.2, -0.15) is 0 Å². The van der Waals surface area contributed by atoms with Gasteiger partial charge in [0.15, 0.2) is 0 Å². The zero-order valence-electron chi connectivity index (χ0n) is 24.8. The van der Waals surface area contributed by atoms with E-state index >= 15 is 0 Å². The molecule has 0 saturated carbocycles. The molecule has 2 aromatic carbocycles. The normalized spacial score (nSPS) is 15.6. The van der Waals surface area contributed by atoms with Crippen LogP contribution < -0.4 is 20.3 Å². The number of rotatable bonds is 14. The summed E-state index contributed by atoms with van der Waals surface area (Å²) in [5, 5.41) is 17.3. The van der Waals surface area contributed by atoms with Gasteiger partial charge in [0.25, 0.3) is 5.91 Å². The van der Waals surface area contributed by atoms with E-state index in [0.717, 1.165) is 18.4 Å². The second-order valence-electron chi connectivity index (χ2n) is 12.0. The zero-order chi connectivity index (χ0) is 30.0. The van der Waals surface area contributed by atoms with Gasteiger partial charge in [-0.05, 0) is 48.8 Å². The van der Waals surface area contributed by atoms with Crippen molar-refractivity contribution in [2.75, 3.05) is 24.6 Å². The lowest BCUT2D eigenvalue weighted by Crippen LogP contribution is -2.46. The minimum absolute atomic E-state index is 0.00405. The summed E-state index contributed by atoms with van der Waals surface area (Å²) in [4.78, 5) is 40.4. The van der Waals surface area contributed by atoms with Gasteiger partial charge in [-0.25, -0.2) is 0 Å². The van der Waals surface area contributed by atoms with Gasteiger partial charge in [0.2, 0.25) is 11.8 Å². The number of nitrogens with zero attached hydrogens (tertiary/aromatic N) is 1. The average molecular weight is 564 g/mol. The van der Waals surface area contributed by atoms with Crippen molar-refractivity contribution in [3.05, 3.63) is 72.3 Å². The van der Waals surface area contributed by atoms with Gasteiger partial charge in [-0.3, -0.25) is 14.4 Å². The molecule has 0 aliphatic carbocycles. The van der Waals surface area contributed by atoms with Crippen molar-refractivity contribution in [3.63, 3.8) is 0 Å². The molecule has 8 heteroatoms. The average Bonchev–Trinajstić information content (AvgIpc) is 3.36. The Morgan fingerprint density at radius 2 is 1.90 bits per heavy atom. The predicted molar refractivity (Wildman–Crippen MR) is 162 cm³/mol. The second-order valence-corrected chi connectivity index (χ2v) is 12.0. The summed E-state index contributed by atoms with van der Waals surface area (Å²) in [6.45, 7) is 13.2. The fourth-order valence-electron chi connectivity index (χ4n) is 4.80. The molecular formula is C33H45N3O5. The molecular weight excluding hydrogens is 518 g/mol. The van der Waals surface area contributed by atoms with Gasteiger partial charge >= 0.3 is 0 Å². The third-order valence-corrected chi connectivity index (χ3v) is 7.20. The zero-order valence-corrected chi connectivity index (χ0v) is 24.8. The number of carbonyl (C=O) groups is 3. The number of anilines is 1. The topological polar surface area (TPSA) is 108 Å². The Hall–Kier alpha value is -3.65. The molecule has 3 N–H and O–H groups in total.